The number of aromatic nitrogens is 4. The Labute approximate surface area is 197 Å². The Balaban J connectivity index is 1.29. The van der Waals surface area contributed by atoms with Gasteiger partial charge in [-0.3, -0.25) is 9.59 Å². The van der Waals surface area contributed by atoms with E-state index >= 15 is 0 Å². The molecule has 4 aromatic rings. The van der Waals surface area contributed by atoms with Crippen molar-refractivity contribution < 1.29 is 14.0 Å². The van der Waals surface area contributed by atoms with Crippen LogP contribution in [-0.4, -0.2) is 37.3 Å². The number of anilines is 1. The summed E-state index contributed by atoms with van der Waals surface area (Å²) in [7, 11) is 1.73. The van der Waals surface area contributed by atoms with Gasteiger partial charge in [0.2, 0.25) is 5.91 Å². The number of halogens is 1. The molecule has 0 spiro atoms. The standard InChI is InChI=1S/C22H19FN6O2S2/c1-29-18(11-24-20(31)15-9-5-6-10-16(15)23)27-28-22(29)33-13-19(30)26-21-25-17(12-32-21)14-7-3-2-4-8-14/h2-10,12H,11,13H2,1H3,(H,24,31)(H,25,26,30). The molecule has 2 heterocycles. The van der Waals surface area contributed by atoms with E-state index in [9.17, 15) is 14.0 Å². The first-order valence-corrected chi connectivity index (χ1v) is 11.7. The molecule has 0 atom stereocenters. The van der Waals surface area contributed by atoms with Crippen LogP contribution in [0.1, 0.15) is 16.2 Å². The molecule has 2 amide bonds. The molecule has 33 heavy (non-hydrogen) atoms. The van der Waals surface area contributed by atoms with E-state index in [1.807, 2.05) is 35.7 Å². The Bertz CT molecular complexity index is 1270. The number of nitrogens with one attached hydrogen (secondary N) is 2. The van der Waals surface area contributed by atoms with Crippen LogP contribution in [0.3, 0.4) is 0 Å². The summed E-state index contributed by atoms with van der Waals surface area (Å²) in [6.45, 7) is 0.0742. The van der Waals surface area contributed by atoms with Gasteiger partial charge in [-0.15, -0.1) is 21.5 Å². The number of thiazole rings is 1. The van der Waals surface area contributed by atoms with Crippen molar-refractivity contribution in [3.63, 3.8) is 0 Å². The predicted octanol–water partition coefficient (Wildman–Crippen LogP) is 3.74. The van der Waals surface area contributed by atoms with Crippen molar-refractivity contribution in [1.82, 2.24) is 25.1 Å². The molecule has 0 radical (unpaired) electrons. The summed E-state index contributed by atoms with van der Waals surface area (Å²) >= 11 is 2.57. The van der Waals surface area contributed by atoms with Gasteiger partial charge in [-0.25, -0.2) is 9.37 Å². The molecule has 168 valence electrons. The van der Waals surface area contributed by atoms with Gasteiger partial charge in [0, 0.05) is 18.0 Å². The predicted molar refractivity (Wildman–Crippen MR) is 125 cm³/mol. The number of rotatable bonds is 8. The third kappa shape index (κ3) is 5.62. The number of nitrogens with zero attached hydrogens (tertiary/aromatic N) is 4. The summed E-state index contributed by atoms with van der Waals surface area (Å²) in [5, 5.41) is 16.5. The third-order valence-corrected chi connectivity index (χ3v) is 6.38. The fourth-order valence-corrected chi connectivity index (χ4v) is 4.35. The topological polar surface area (TPSA) is 102 Å². The van der Waals surface area contributed by atoms with E-state index in [4.69, 9.17) is 0 Å². The quantitative estimate of drug-likeness (QED) is 0.371. The molecule has 0 saturated heterocycles. The summed E-state index contributed by atoms with van der Waals surface area (Å²) in [5.41, 5.74) is 1.75. The van der Waals surface area contributed by atoms with Gasteiger partial charge in [-0.1, -0.05) is 54.2 Å². The Morgan fingerprint density at radius 3 is 2.64 bits per heavy atom. The van der Waals surface area contributed by atoms with Gasteiger partial charge in [0.1, 0.15) is 5.82 Å². The van der Waals surface area contributed by atoms with Gasteiger partial charge in [0.25, 0.3) is 5.91 Å². The van der Waals surface area contributed by atoms with Crippen molar-refractivity contribution in [2.45, 2.75) is 11.7 Å². The molecule has 2 aromatic heterocycles. The number of amides is 2. The summed E-state index contributed by atoms with van der Waals surface area (Å²) in [6, 6.07) is 15.5. The average molecular weight is 483 g/mol. The maximum atomic E-state index is 13.7. The monoisotopic (exact) mass is 482 g/mol. The molecule has 0 saturated carbocycles. The fourth-order valence-electron chi connectivity index (χ4n) is 2.88. The van der Waals surface area contributed by atoms with Gasteiger partial charge < -0.3 is 15.2 Å². The molecule has 2 N–H and O–H groups in total. The first-order chi connectivity index (χ1) is 16.0. The van der Waals surface area contributed by atoms with Crippen LogP contribution in [0, 0.1) is 5.82 Å². The second-order valence-corrected chi connectivity index (χ2v) is 8.66. The van der Waals surface area contributed by atoms with Gasteiger partial charge in [-0.05, 0) is 12.1 Å². The van der Waals surface area contributed by atoms with Crippen LogP contribution in [0.2, 0.25) is 0 Å². The Kier molecular flexibility index (Phi) is 7.10. The number of hydrogen-bond donors (Lipinski definition) is 2. The SMILES string of the molecule is Cn1c(CNC(=O)c2ccccc2F)nnc1SCC(=O)Nc1nc(-c2ccccc2)cs1. The van der Waals surface area contributed by atoms with Crippen LogP contribution in [0.4, 0.5) is 9.52 Å². The number of hydrogen-bond acceptors (Lipinski definition) is 7. The van der Waals surface area contributed by atoms with Crippen molar-refractivity contribution >= 4 is 40.0 Å². The van der Waals surface area contributed by atoms with E-state index in [0.717, 1.165) is 11.3 Å². The van der Waals surface area contributed by atoms with Crippen LogP contribution < -0.4 is 10.6 Å². The van der Waals surface area contributed by atoms with E-state index in [2.05, 4.69) is 25.8 Å². The molecule has 4 rings (SSSR count). The molecule has 0 unspecified atom stereocenters. The summed E-state index contributed by atoms with van der Waals surface area (Å²) < 4.78 is 15.4. The molecule has 0 aliphatic carbocycles. The van der Waals surface area contributed by atoms with Crippen LogP contribution in [0.5, 0.6) is 0 Å². The van der Waals surface area contributed by atoms with E-state index in [1.165, 1.54) is 41.3 Å². The van der Waals surface area contributed by atoms with E-state index in [1.54, 1.807) is 17.7 Å². The Morgan fingerprint density at radius 1 is 1.09 bits per heavy atom. The van der Waals surface area contributed by atoms with Crippen molar-refractivity contribution in [2.24, 2.45) is 7.05 Å². The second-order valence-electron chi connectivity index (χ2n) is 6.86. The summed E-state index contributed by atoms with van der Waals surface area (Å²) in [6.07, 6.45) is 0. The van der Waals surface area contributed by atoms with E-state index in [0.29, 0.717) is 16.1 Å². The van der Waals surface area contributed by atoms with Crippen LogP contribution in [0.25, 0.3) is 11.3 Å². The maximum absolute atomic E-state index is 13.7. The van der Waals surface area contributed by atoms with Crippen LogP contribution in [0.15, 0.2) is 65.1 Å². The number of carbonyl (C=O) groups excluding carboxylic acids is 2. The molecule has 0 fully saturated rings. The normalized spacial score (nSPS) is 10.7. The highest BCUT2D eigenvalue weighted by molar-refractivity contribution is 7.99. The molecule has 2 aromatic carbocycles. The van der Waals surface area contributed by atoms with Crippen molar-refractivity contribution in [3.8, 4) is 11.3 Å². The van der Waals surface area contributed by atoms with E-state index < -0.39 is 11.7 Å². The zero-order chi connectivity index (χ0) is 23.2. The number of benzene rings is 2. The zero-order valence-corrected chi connectivity index (χ0v) is 19.1. The van der Waals surface area contributed by atoms with Gasteiger partial charge in [-0.2, -0.15) is 0 Å². The minimum absolute atomic E-state index is 0.0384. The van der Waals surface area contributed by atoms with Gasteiger partial charge >= 0.3 is 0 Å². The average Bonchev–Trinajstić information content (AvgIpc) is 3.43. The fraction of sp³-hybridized carbons (Fsp3) is 0.136. The molecule has 11 heteroatoms. The third-order valence-electron chi connectivity index (χ3n) is 4.60. The lowest BCUT2D eigenvalue weighted by Gasteiger charge is -2.06. The van der Waals surface area contributed by atoms with Crippen molar-refractivity contribution in [3.05, 3.63) is 77.2 Å². The smallest absolute Gasteiger partial charge is 0.254 e. The Morgan fingerprint density at radius 2 is 1.85 bits per heavy atom. The van der Waals surface area contributed by atoms with E-state index in [-0.39, 0.29) is 23.8 Å². The molecule has 0 bridgehead atoms. The van der Waals surface area contributed by atoms with Crippen LogP contribution >= 0.6 is 23.1 Å². The highest BCUT2D eigenvalue weighted by atomic mass is 32.2. The first-order valence-electron chi connectivity index (χ1n) is 9.86. The molecular weight excluding hydrogens is 463 g/mol. The van der Waals surface area contributed by atoms with Gasteiger partial charge in [0.15, 0.2) is 16.1 Å². The first kappa shape index (κ1) is 22.6. The Hall–Kier alpha value is -3.57. The minimum Gasteiger partial charge on any atom is -0.345 e. The second kappa shape index (κ2) is 10.4. The lowest BCUT2D eigenvalue weighted by atomic mass is 10.2. The lowest BCUT2D eigenvalue weighted by molar-refractivity contribution is -0.113. The maximum Gasteiger partial charge on any atom is 0.254 e. The highest BCUT2D eigenvalue weighted by Crippen LogP contribution is 2.25. The van der Waals surface area contributed by atoms with Crippen molar-refractivity contribution in [1.29, 1.82) is 0 Å². The molecule has 0 aliphatic heterocycles. The molecule has 8 nitrogen and oxygen atoms in total. The summed E-state index contributed by atoms with van der Waals surface area (Å²) in [4.78, 5) is 29.0. The highest BCUT2D eigenvalue weighted by Gasteiger charge is 2.15. The molecular formula is C22H19FN6O2S2. The molecule has 0 aliphatic rings. The largest absolute Gasteiger partial charge is 0.345 e. The van der Waals surface area contributed by atoms with Gasteiger partial charge in [0.05, 0.1) is 23.6 Å². The minimum atomic E-state index is -0.591. The summed E-state index contributed by atoms with van der Waals surface area (Å²) in [5.74, 6) is -0.746. The zero-order valence-electron chi connectivity index (χ0n) is 17.5. The number of carbonyl (C=O) groups is 2. The lowest BCUT2D eigenvalue weighted by Crippen LogP contribution is -2.25. The van der Waals surface area contributed by atoms with Crippen molar-refractivity contribution in [2.75, 3.05) is 11.1 Å². The van der Waals surface area contributed by atoms with Crippen LogP contribution in [-0.2, 0) is 18.4 Å². The number of thioether (sulfide) groups is 1.